The van der Waals surface area contributed by atoms with E-state index in [1.54, 1.807) is 0 Å². The first kappa shape index (κ1) is 12.2. The van der Waals surface area contributed by atoms with Gasteiger partial charge in [-0.2, -0.15) is 0 Å². The molecule has 1 aliphatic rings. The Kier molecular flexibility index (Phi) is 2.82. The Hall–Kier alpha value is -2.30. The standard InChI is InChI=1S/C13H12O5/c1-6-10(14)9-7(12(16)11(6)15)4-5-8(17-2)13(9)18-3/h4-5,14H,1-3H3. The number of Topliss-reactive ketones (excluding diaryl/α,β-unsaturated/α-hetero) is 2. The van der Waals surface area contributed by atoms with Crippen LogP contribution in [0.15, 0.2) is 17.7 Å². The highest BCUT2D eigenvalue weighted by Gasteiger charge is 2.33. The molecule has 0 fully saturated rings. The molecule has 0 amide bonds. The molecule has 0 heterocycles. The van der Waals surface area contributed by atoms with Gasteiger partial charge in [0, 0.05) is 11.1 Å². The van der Waals surface area contributed by atoms with Crippen molar-refractivity contribution in [1.29, 1.82) is 0 Å². The van der Waals surface area contributed by atoms with Gasteiger partial charge < -0.3 is 14.6 Å². The smallest absolute Gasteiger partial charge is 0.234 e. The highest BCUT2D eigenvalue weighted by atomic mass is 16.5. The minimum Gasteiger partial charge on any atom is -0.507 e. The van der Waals surface area contributed by atoms with Gasteiger partial charge >= 0.3 is 0 Å². The second-order valence-corrected chi connectivity index (χ2v) is 3.86. The zero-order chi connectivity index (χ0) is 13.4. The van der Waals surface area contributed by atoms with E-state index in [0.717, 1.165) is 0 Å². The zero-order valence-electron chi connectivity index (χ0n) is 10.2. The zero-order valence-corrected chi connectivity index (χ0v) is 10.2. The monoisotopic (exact) mass is 248 g/mol. The summed E-state index contributed by atoms with van der Waals surface area (Å²) in [6.07, 6.45) is 0. The quantitative estimate of drug-likeness (QED) is 0.807. The molecule has 0 aromatic heterocycles. The topological polar surface area (TPSA) is 72.8 Å². The molecule has 0 spiro atoms. The number of carbonyl (C=O) groups is 2. The summed E-state index contributed by atoms with van der Waals surface area (Å²) in [7, 11) is 2.86. The molecule has 1 aromatic carbocycles. The fourth-order valence-electron chi connectivity index (χ4n) is 1.94. The Morgan fingerprint density at radius 2 is 1.72 bits per heavy atom. The predicted molar refractivity (Wildman–Crippen MR) is 64.1 cm³/mol. The molecular weight excluding hydrogens is 236 g/mol. The number of carbonyl (C=O) groups excluding carboxylic acids is 2. The maximum absolute atomic E-state index is 11.8. The van der Waals surface area contributed by atoms with Crippen LogP contribution in [0.4, 0.5) is 0 Å². The molecule has 5 heteroatoms. The second kappa shape index (κ2) is 4.18. The molecule has 0 radical (unpaired) electrons. The summed E-state index contributed by atoms with van der Waals surface area (Å²) in [5, 5.41) is 10.0. The van der Waals surface area contributed by atoms with Gasteiger partial charge in [-0.25, -0.2) is 0 Å². The minimum atomic E-state index is -0.702. The van der Waals surface area contributed by atoms with Crippen molar-refractivity contribution in [3.8, 4) is 11.5 Å². The van der Waals surface area contributed by atoms with Crippen molar-refractivity contribution in [2.75, 3.05) is 14.2 Å². The Balaban J connectivity index is 2.84. The molecule has 0 saturated carbocycles. The fraction of sp³-hybridized carbons (Fsp3) is 0.231. The van der Waals surface area contributed by atoms with E-state index in [2.05, 4.69) is 0 Å². The summed E-state index contributed by atoms with van der Waals surface area (Å²) >= 11 is 0. The largest absolute Gasteiger partial charge is 0.507 e. The Bertz CT molecular complexity index is 583. The predicted octanol–water partition coefficient (Wildman–Crippen LogP) is 1.76. The molecule has 94 valence electrons. The number of methoxy groups -OCH3 is 2. The van der Waals surface area contributed by atoms with Gasteiger partial charge in [-0.05, 0) is 19.1 Å². The minimum absolute atomic E-state index is 0.0130. The molecule has 2 rings (SSSR count). The number of ketones is 2. The average molecular weight is 248 g/mol. The van der Waals surface area contributed by atoms with Gasteiger partial charge in [0.2, 0.25) is 11.6 Å². The van der Waals surface area contributed by atoms with Gasteiger partial charge in [-0.15, -0.1) is 0 Å². The number of aliphatic hydroxyl groups excluding tert-OH is 1. The summed E-state index contributed by atoms with van der Waals surface area (Å²) in [5.41, 5.74) is 0.346. The molecule has 0 saturated heterocycles. The highest BCUT2D eigenvalue weighted by Crippen LogP contribution is 2.40. The number of hydrogen-bond acceptors (Lipinski definition) is 5. The lowest BCUT2D eigenvalue weighted by atomic mass is 9.88. The highest BCUT2D eigenvalue weighted by molar-refractivity contribution is 6.52. The molecular formula is C13H12O5. The van der Waals surface area contributed by atoms with Gasteiger partial charge in [0.05, 0.1) is 19.8 Å². The molecule has 18 heavy (non-hydrogen) atoms. The van der Waals surface area contributed by atoms with Crippen LogP contribution in [0.25, 0.3) is 5.76 Å². The maximum Gasteiger partial charge on any atom is 0.234 e. The summed E-state index contributed by atoms with van der Waals surface area (Å²) in [6, 6.07) is 2.97. The number of fused-ring (bicyclic) bond motifs is 1. The average Bonchev–Trinajstić information content (AvgIpc) is 2.40. The molecule has 0 bridgehead atoms. The summed E-state index contributed by atoms with van der Waals surface area (Å²) in [4.78, 5) is 23.5. The Morgan fingerprint density at radius 3 is 2.28 bits per heavy atom. The Morgan fingerprint density at radius 1 is 1.06 bits per heavy atom. The van der Waals surface area contributed by atoms with Crippen molar-refractivity contribution in [1.82, 2.24) is 0 Å². The van der Waals surface area contributed by atoms with Gasteiger partial charge in [0.15, 0.2) is 11.5 Å². The van der Waals surface area contributed by atoms with Crippen LogP contribution in [0, 0.1) is 0 Å². The van der Waals surface area contributed by atoms with E-state index in [-0.39, 0.29) is 28.2 Å². The number of ether oxygens (including phenoxy) is 2. The maximum atomic E-state index is 11.8. The molecule has 0 unspecified atom stereocenters. The van der Waals surface area contributed by atoms with Crippen LogP contribution in [0.1, 0.15) is 22.8 Å². The van der Waals surface area contributed by atoms with Gasteiger partial charge in [-0.3, -0.25) is 9.59 Å². The lowest BCUT2D eigenvalue weighted by Gasteiger charge is -2.19. The van der Waals surface area contributed by atoms with Crippen LogP contribution in [-0.2, 0) is 4.79 Å². The number of rotatable bonds is 2. The van der Waals surface area contributed by atoms with Crippen molar-refractivity contribution in [3.05, 3.63) is 28.8 Å². The van der Waals surface area contributed by atoms with Crippen LogP contribution in [0.5, 0.6) is 11.5 Å². The fourth-order valence-corrected chi connectivity index (χ4v) is 1.94. The van der Waals surface area contributed by atoms with E-state index < -0.39 is 11.6 Å². The van der Waals surface area contributed by atoms with Crippen LogP contribution in [0.2, 0.25) is 0 Å². The van der Waals surface area contributed by atoms with E-state index in [9.17, 15) is 14.7 Å². The summed E-state index contributed by atoms with van der Waals surface area (Å²) in [5.74, 6) is -0.968. The SMILES string of the molecule is COc1ccc2c(c1OC)C(O)=C(C)C(=O)C2=O. The normalized spacial score (nSPS) is 14.6. The number of aliphatic hydroxyl groups is 1. The lowest BCUT2D eigenvalue weighted by Crippen LogP contribution is -2.23. The van der Waals surface area contributed by atoms with Gasteiger partial charge in [0.1, 0.15) is 5.76 Å². The van der Waals surface area contributed by atoms with E-state index in [1.165, 1.54) is 33.3 Å². The van der Waals surface area contributed by atoms with Crippen molar-refractivity contribution >= 4 is 17.3 Å². The van der Waals surface area contributed by atoms with E-state index in [0.29, 0.717) is 5.75 Å². The number of allylic oxidation sites excluding steroid dienone is 1. The number of benzene rings is 1. The van der Waals surface area contributed by atoms with Crippen LogP contribution in [-0.4, -0.2) is 30.9 Å². The first-order chi connectivity index (χ1) is 8.52. The molecule has 0 aliphatic heterocycles. The first-order valence-corrected chi connectivity index (χ1v) is 5.27. The summed E-state index contributed by atoms with van der Waals surface area (Å²) < 4.78 is 10.2. The molecule has 0 atom stereocenters. The van der Waals surface area contributed by atoms with Crippen LogP contribution >= 0.6 is 0 Å². The third-order valence-electron chi connectivity index (χ3n) is 2.93. The van der Waals surface area contributed by atoms with Gasteiger partial charge in [0.25, 0.3) is 0 Å². The van der Waals surface area contributed by atoms with Crippen molar-refractivity contribution in [2.45, 2.75) is 6.92 Å². The van der Waals surface area contributed by atoms with E-state index in [4.69, 9.17) is 9.47 Å². The number of hydrogen-bond donors (Lipinski definition) is 1. The molecule has 1 aromatic rings. The van der Waals surface area contributed by atoms with Crippen molar-refractivity contribution in [2.24, 2.45) is 0 Å². The Labute approximate surface area is 104 Å². The third kappa shape index (κ3) is 1.48. The third-order valence-corrected chi connectivity index (χ3v) is 2.93. The van der Waals surface area contributed by atoms with Crippen LogP contribution in [0.3, 0.4) is 0 Å². The van der Waals surface area contributed by atoms with E-state index in [1.807, 2.05) is 0 Å². The van der Waals surface area contributed by atoms with Crippen molar-refractivity contribution < 1.29 is 24.2 Å². The van der Waals surface area contributed by atoms with Crippen molar-refractivity contribution in [3.63, 3.8) is 0 Å². The molecule has 1 N–H and O–H groups in total. The van der Waals surface area contributed by atoms with Gasteiger partial charge in [-0.1, -0.05) is 0 Å². The second-order valence-electron chi connectivity index (χ2n) is 3.86. The lowest BCUT2D eigenvalue weighted by molar-refractivity contribution is -0.111. The van der Waals surface area contributed by atoms with Crippen LogP contribution < -0.4 is 9.47 Å². The van der Waals surface area contributed by atoms with E-state index >= 15 is 0 Å². The summed E-state index contributed by atoms with van der Waals surface area (Å²) in [6.45, 7) is 1.40. The molecule has 1 aliphatic carbocycles. The first-order valence-electron chi connectivity index (χ1n) is 5.27. The molecule has 5 nitrogen and oxygen atoms in total.